The summed E-state index contributed by atoms with van der Waals surface area (Å²) in [6, 6.07) is 0. The minimum Gasteiger partial charge on any atom is -0.337 e. The van der Waals surface area contributed by atoms with Crippen molar-refractivity contribution in [2.45, 2.75) is 43.7 Å². The zero-order chi connectivity index (χ0) is 16.8. The van der Waals surface area contributed by atoms with Crippen molar-refractivity contribution < 1.29 is 18.0 Å². The number of hydrogen-bond donors (Lipinski definition) is 0. The minimum atomic E-state index is -3.60. The third kappa shape index (κ3) is 2.77. The molecule has 3 heterocycles. The molecule has 0 bridgehead atoms. The van der Waals surface area contributed by atoms with Crippen molar-refractivity contribution >= 4 is 15.9 Å². The summed E-state index contributed by atoms with van der Waals surface area (Å²) in [5, 5.41) is 1.46. The third-order valence-electron chi connectivity index (χ3n) is 4.67. The molecule has 0 aliphatic carbocycles. The maximum Gasteiger partial charge on any atom is 0.262 e. The number of rotatable bonds is 3. The van der Waals surface area contributed by atoms with Crippen LogP contribution in [0.3, 0.4) is 0 Å². The first-order valence-corrected chi connectivity index (χ1v) is 9.21. The first-order chi connectivity index (χ1) is 10.8. The Balaban J connectivity index is 1.73. The first kappa shape index (κ1) is 16.4. The highest BCUT2D eigenvalue weighted by atomic mass is 32.2. The molecule has 0 aromatic carbocycles. The van der Waals surface area contributed by atoms with Gasteiger partial charge in [0, 0.05) is 32.9 Å². The van der Waals surface area contributed by atoms with Crippen molar-refractivity contribution in [2.24, 2.45) is 7.05 Å². The van der Waals surface area contributed by atoms with Crippen molar-refractivity contribution in [3.8, 4) is 0 Å². The molecule has 8 nitrogen and oxygen atoms in total. The second-order valence-electron chi connectivity index (χ2n) is 6.18. The molecule has 0 N–H and O–H groups in total. The van der Waals surface area contributed by atoms with E-state index in [4.69, 9.17) is 4.84 Å². The molecule has 0 unspecified atom stereocenters. The summed E-state index contributed by atoms with van der Waals surface area (Å²) in [5.74, 6) is 0.629. The molecular formula is C14H22N4O4S. The largest absolute Gasteiger partial charge is 0.337 e. The Morgan fingerprint density at radius 2 is 2.00 bits per heavy atom. The van der Waals surface area contributed by atoms with Gasteiger partial charge in [-0.05, 0) is 26.7 Å². The number of carbonyl (C=O) groups is 1. The van der Waals surface area contributed by atoms with Gasteiger partial charge in [0.15, 0.2) is 5.03 Å². The number of sulfonamides is 1. The lowest BCUT2D eigenvalue weighted by molar-refractivity contribution is -0.206. The number of hydrogen-bond acceptors (Lipinski definition) is 5. The molecule has 0 atom stereocenters. The van der Waals surface area contributed by atoms with Crippen LogP contribution in [0, 0.1) is 6.92 Å². The summed E-state index contributed by atoms with van der Waals surface area (Å²) in [7, 11) is -1.83. The Bertz CT molecular complexity index is 700. The van der Waals surface area contributed by atoms with E-state index in [-0.39, 0.29) is 10.9 Å². The normalized spacial score (nSPS) is 22.2. The average molecular weight is 342 g/mol. The van der Waals surface area contributed by atoms with Crippen LogP contribution in [0.25, 0.3) is 0 Å². The molecule has 128 valence electrons. The molecule has 2 aliphatic rings. The van der Waals surface area contributed by atoms with Crippen LogP contribution in [-0.2, 0) is 26.7 Å². The lowest BCUT2D eigenvalue weighted by Crippen LogP contribution is -2.47. The molecule has 0 radical (unpaired) electrons. The van der Waals surface area contributed by atoms with Crippen molar-refractivity contribution in [1.29, 1.82) is 0 Å². The first-order valence-electron chi connectivity index (χ1n) is 7.77. The van der Waals surface area contributed by atoms with Gasteiger partial charge in [0.25, 0.3) is 10.0 Å². The van der Waals surface area contributed by atoms with E-state index < -0.39 is 15.6 Å². The Morgan fingerprint density at radius 3 is 2.48 bits per heavy atom. The fraction of sp³-hybridized carbons (Fsp3) is 0.714. The minimum absolute atomic E-state index is 0.0239. The van der Waals surface area contributed by atoms with Crippen LogP contribution in [0.2, 0.25) is 0 Å². The predicted octanol–water partition coefficient (Wildman–Crippen LogP) is 0.436. The molecule has 23 heavy (non-hydrogen) atoms. The molecule has 0 saturated carbocycles. The number of aryl methyl sites for hydroxylation is 2. The summed E-state index contributed by atoms with van der Waals surface area (Å²) in [4.78, 5) is 21.8. The van der Waals surface area contributed by atoms with Crippen LogP contribution in [0.5, 0.6) is 0 Å². The summed E-state index contributed by atoms with van der Waals surface area (Å²) in [6.45, 7) is 4.81. The van der Waals surface area contributed by atoms with E-state index >= 15 is 0 Å². The fourth-order valence-corrected chi connectivity index (χ4v) is 4.57. The average Bonchev–Trinajstić information content (AvgIpc) is 3.00. The standard InChI is InChI=1S/C14H22N4O4S/c1-4-18-13(19)9-14(22-18)5-7-17(8-6-14)23(20,21)12-10-16(3)11(2)15-12/h10H,4-9H2,1-3H3. The lowest BCUT2D eigenvalue weighted by atomic mass is 9.89. The zero-order valence-corrected chi connectivity index (χ0v) is 14.5. The highest BCUT2D eigenvalue weighted by Gasteiger charge is 2.48. The third-order valence-corrected chi connectivity index (χ3v) is 6.44. The summed E-state index contributed by atoms with van der Waals surface area (Å²) >= 11 is 0. The number of amides is 1. The molecule has 2 aliphatic heterocycles. The van der Waals surface area contributed by atoms with Gasteiger partial charge in [0.05, 0.1) is 6.42 Å². The second-order valence-corrected chi connectivity index (χ2v) is 8.07. The Hall–Kier alpha value is -1.45. The molecule has 2 fully saturated rings. The monoisotopic (exact) mass is 342 g/mol. The van der Waals surface area contributed by atoms with Gasteiger partial charge >= 0.3 is 0 Å². The van der Waals surface area contributed by atoms with Gasteiger partial charge in [0.1, 0.15) is 11.4 Å². The Kier molecular flexibility index (Phi) is 3.97. The molecule has 1 amide bonds. The Labute approximate surface area is 136 Å². The van der Waals surface area contributed by atoms with E-state index in [1.54, 1.807) is 18.5 Å². The molecule has 1 aromatic rings. The SMILES string of the molecule is CCN1OC2(CCN(S(=O)(=O)c3cn(C)c(C)n3)CC2)CC1=O. The number of nitrogens with zero attached hydrogens (tertiary/aromatic N) is 4. The second kappa shape index (κ2) is 5.57. The van der Waals surface area contributed by atoms with Crippen LogP contribution < -0.4 is 0 Å². The van der Waals surface area contributed by atoms with Crippen LogP contribution in [-0.4, -0.2) is 58.5 Å². The topological polar surface area (TPSA) is 84.7 Å². The van der Waals surface area contributed by atoms with E-state index in [2.05, 4.69) is 4.98 Å². The van der Waals surface area contributed by atoms with Crippen LogP contribution in [0.15, 0.2) is 11.2 Å². The van der Waals surface area contributed by atoms with Crippen molar-refractivity contribution in [1.82, 2.24) is 18.9 Å². The number of aromatic nitrogens is 2. The van der Waals surface area contributed by atoms with E-state index in [9.17, 15) is 13.2 Å². The molecule has 9 heteroatoms. The molecule has 1 spiro atoms. The zero-order valence-electron chi connectivity index (χ0n) is 13.7. The van der Waals surface area contributed by atoms with Crippen molar-refractivity contribution in [3.05, 3.63) is 12.0 Å². The smallest absolute Gasteiger partial charge is 0.262 e. The van der Waals surface area contributed by atoms with E-state index in [1.165, 1.54) is 15.6 Å². The van der Waals surface area contributed by atoms with Gasteiger partial charge in [-0.1, -0.05) is 0 Å². The highest BCUT2D eigenvalue weighted by molar-refractivity contribution is 7.89. The fourth-order valence-electron chi connectivity index (χ4n) is 3.11. The van der Waals surface area contributed by atoms with Crippen molar-refractivity contribution in [3.63, 3.8) is 0 Å². The van der Waals surface area contributed by atoms with Gasteiger partial charge in [0.2, 0.25) is 5.91 Å². The van der Waals surface area contributed by atoms with Crippen LogP contribution in [0.1, 0.15) is 32.0 Å². The molecule has 1 aromatic heterocycles. The quantitative estimate of drug-likeness (QED) is 0.795. The van der Waals surface area contributed by atoms with Gasteiger partial charge in [-0.25, -0.2) is 18.5 Å². The van der Waals surface area contributed by atoms with Gasteiger partial charge in [-0.15, -0.1) is 0 Å². The summed E-state index contributed by atoms with van der Waals surface area (Å²) in [6.07, 6.45) is 2.89. The highest BCUT2D eigenvalue weighted by Crippen LogP contribution is 2.37. The number of imidazole rings is 1. The lowest BCUT2D eigenvalue weighted by Gasteiger charge is -2.36. The van der Waals surface area contributed by atoms with Gasteiger partial charge < -0.3 is 4.57 Å². The van der Waals surface area contributed by atoms with Crippen LogP contribution in [0.4, 0.5) is 0 Å². The van der Waals surface area contributed by atoms with Gasteiger partial charge in [-0.2, -0.15) is 4.31 Å². The molecular weight excluding hydrogens is 320 g/mol. The van der Waals surface area contributed by atoms with E-state index in [0.29, 0.717) is 44.7 Å². The summed E-state index contributed by atoms with van der Waals surface area (Å²) < 4.78 is 28.5. The molecule has 2 saturated heterocycles. The number of carbonyl (C=O) groups excluding carboxylic acids is 1. The maximum absolute atomic E-state index is 12.7. The van der Waals surface area contributed by atoms with E-state index in [1.807, 2.05) is 6.92 Å². The summed E-state index contributed by atoms with van der Waals surface area (Å²) in [5.41, 5.74) is -0.543. The van der Waals surface area contributed by atoms with Crippen LogP contribution >= 0.6 is 0 Å². The van der Waals surface area contributed by atoms with Crippen molar-refractivity contribution in [2.75, 3.05) is 19.6 Å². The van der Waals surface area contributed by atoms with E-state index in [0.717, 1.165) is 0 Å². The molecule has 3 rings (SSSR count). The number of hydroxylamine groups is 2. The predicted molar refractivity (Wildman–Crippen MR) is 81.8 cm³/mol. The number of piperidine rings is 1. The van der Waals surface area contributed by atoms with Gasteiger partial charge in [-0.3, -0.25) is 9.63 Å². The Morgan fingerprint density at radius 1 is 1.35 bits per heavy atom. The maximum atomic E-state index is 12.7.